The van der Waals surface area contributed by atoms with Gasteiger partial charge in [-0.2, -0.15) is 5.10 Å². The lowest BCUT2D eigenvalue weighted by Crippen LogP contribution is -2.39. The topological polar surface area (TPSA) is 57.9 Å². The standard InChI is InChI=1S/C9H16N4/c10-8-2-5-13(6-3-8)7-9-1-4-11-12-9/h1,4,8H,2-3,5-7,10H2,(H,11,12). The number of aromatic nitrogens is 2. The Morgan fingerprint density at radius 3 is 2.92 bits per heavy atom. The van der Waals surface area contributed by atoms with Gasteiger partial charge in [-0.25, -0.2) is 0 Å². The maximum Gasteiger partial charge on any atom is 0.0492 e. The van der Waals surface area contributed by atoms with E-state index < -0.39 is 0 Å². The second-order valence-corrected chi connectivity index (χ2v) is 3.70. The van der Waals surface area contributed by atoms with E-state index >= 15 is 0 Å². The van der Waals surface area contributed by atoms with Gasteiger partial charge in [0.25, 0.3) is 0 Å². The smallest absolute Gasteiger partial charge is 0.0492 e. The van der Waals surface area contributed by atoms with Gasteiger partial charge in [0.05, 0.1) is 0 Å². The molecular formula is C9H16N4. The molecule has 1 aromatic rings. The fourth-order valence-corrected chi connectivity index (χ4v) is 1.72. The Morgan fingerprint density at radius 2 is 2.31 bits per heavy atom. The molecule has 2 rings (SSSR count). The number of H-pyrrole nitrogens is 1. The van der Waals surface area contributed by atoms with Crippen molar-refractivity contribution in [3.8, 4) is 0 Å². The third kappa shape index (κ3) is 2.29. The molecule has 0 saturated carbocycles. The molecule has 13 heavy (non-hydrogen) atoms. The number of nitrogens with one attached hydrogen (secondary N) is 1. The van der Waals surface area contributed by atoms with Gasteiger partial charge >= 0.3 is 0 Å². The molecular weight excluding hydrogens is 164 g/mol. The van der Waals surface area contributed by atoms with Gasteiger partial charge in [0.15, 0.2) is 0 Å². The van der Waals surface area contributed by atoms with Crippen LogP contribution in [0.1, 0.15) is 18.5 Å². The van der Waals surface area contributed by atoms with Gasteiger partial charge in [-0.15, -0.1) is 0 Å². The monoisotopic (exact) mass is 180 g/mol. The summed E-state index contributed by atoms with van der Waals surface area (Å²) in [7, 11) is 0. The van der Waals surface area contributed by atoms with Gasteiger partial charge in [-0.05, 0) is 18.9 Å². The van der Waals surface area contributed by atoms with E-state index in [1.54, 1.807) is 6.20 Å². The lowest BCUT2D eigenvalue weighted by Gasteiger charge is -2.29. The van der Waals surface area contributed by atoms with E-state index in [4.69, 9.17) is 5.73 Å². The summed E-state index contributed by atoms with van der Waals surface area (Å²) in [6.07, 6.45) is 4.04. The van der Waals surface area contributed by atoms with Crippen molar-refractivity contribution in [2.45, 2.75) is 25.4 Å². The van der Waals surface area contributed by atoms with Gasteiger partial charge in [0, 0.05) is 37.6 Å². The third-order valence-corrected chi connectivity index (χ3v) is 2.58. The van der Waals surface area contributed by atoms with Gasteiger partial charge in [0.1, 0.15) is 0 Å². The molecule has 0 aromatic carbocycles. The van der Waals surface area contributed by atoms with Gasteiger partial charge in [-0.1, -0.05) is 0 Å². The first-order valence-electron chi connectivity index (χ1n) is 4.81. The lowest BCUT2D eigenvalue weighted by molar-refractivity contribution is 0.203. The molecule has 0 spiro atoms. The number of hydrogen-bond donors (Lipinski definition) is 2. The Balaban J connectivity index is 1.83. The molecule has 1 aromatic heterocycles. The van der Waals surface area contributed by atoms with Crippen LogP contribution in [0.5, 0.6) is 0 Å². The summed E-state index contributed by atoms with van der Waals surface area (Å²) in [6, 6.07) is 2.44. The number of aromatic amines is 1. The summed E-state index contributed by atoms with van der Waals surface area (Å²) < 4.78 is 0. The maximum absolute atomic E-state index is 5.82. The number of nitrogens with two attached hydrogens (primary N) is 1. The van der Waals surface area contributed by atoms with Crippen LogP contribution in [0.4, 0.5) is 0 Å². The Labute approximate surface area is 78.1 Å². The number of piperidine rings is 1. The van der Waals surface area contributed by atoms with E-state index in [-0.39, 0.29) is 0 Å². The summed E-state index contributed by atoms with van der Waals surface area (Å²) in [6.45, 7) is 3.20. The molecule has 1 fully saturated rings. The first kappa shape index (κ1) is 8.72. The molecule has 4 nitrogen and oxygen atoms in total. The molecule has 3 N–H and O–H groups in total. The predicted molar refractivity (Wildman–Crippen MR) is 51.1 cm³/mol. The van der Waals surface area contributed by atoms with Crippen LogP contribution in [0, 0.1) is 0 Å². The summed E-state index contributed by atoms with van der Waals surface area (Å²) >= 11 is 0. The van der Waals surface area contributed by atoms with Crippen molar-refractivity contribution >= 4 is 0 Å². The molecule has 0 amide bonds. The van der Waals surface area contributed by atoms with E-state index in [9.17, 15) is 0 Å². The van der Waals surface area contributed by atoms with Crippen molar-refractivity contribution in [3.05, 3.63) is 18.0 Å². The Kier molecular flexibility index (Phi) is 2.61. The molecule has 1 saturated heterocycles. The molecule has 0 bridgehead atoms. The van der Waals surface area contributed by atoms with Crippen LogP contribution in [0.25, 0.3) is 0 Å². The minimum absolute atomic E-state index is 0.415. The van der Waals surface area contributed by atoms with Crippen LogP contribution in [-0.2, 0) is 6.54 Å². The van der Waals surface area contributed by atoms with Crippen LogP contribution in [0.3, 0.4) is 0 Å². The van der Waals surface area contributed by atoms with Crippen molar-refractivity contribution in [1.82, 2.24) is 15.1 Å². The van der Waals surface area contributed by atoms with Crippen LogP contribution < -0.4 is 5.73 Å². The van der Waals surface area contributed by atoms with Crippen molar-refractivity contribution in [3.63, 3.8) is 0 Å². The molecule has 0 radical (unpaired) electrons. The average molecular weight is 180 g/mol. The van der Waals surface area contributed by atoms with Crippen molar-refractivity contribution in [1.29, 1.82) is 0 Å². The minimum atomic E-state index is 0.415. The number of hydrogen-bond acceptors (Lipinski definition) is 3. The summed E-state index contributed by atoms with van der Waals surface area (Å²) in [5.41, 5.74) is 7.01. The highest BCUT2D eigenvalue weighted by atomic mass is 15.2. The minimum Gasteiger partial charge on any atom is -0.328 e. The zero-order valence-corrected chi connectivity index (χ0v) is 7.74. The zero-order valence-electron chi connectivity index (χ0n) is 7.74. The fourth-order valence-electron chi connectivity index (χ4n) is 1.72. The summed E-state index contributed by atoms with van der Waals surface area (Å²) in [5.74, 6) is 0. The van der Waals surface area contributed by atoms with E-state index in [1.165, 1.54) is 5.69 Å². The predicted octanol–water partition coefficient (Wildman–Crippen LogP) is 0.333. The first-order chi connectivity index (χ1) is 6.34. The number of likely N-dealkylation sites (tertiary alicyclic amines) is 1. The molecule has 0 unspecified atom stereocenters. The molecule has 1 aliphatic heterocycles. The Morgan fingerprint density at radius 1 is 1.54 bits per heavy atom. The first-order valence-corrected chi connectivity index (χ1v) is 4.81. The van der Waals surface area contributed by atoms with E-state index in [0.29, 0.717) is 6.04 Å². The van der Waals surface area contributed by atoms with Crippen LogP contribution in [0.15, 0.2) is 12.3 Å². The molecule has 0 atom stereocenters. The Bertz CT molecular complexity index is 236. The highest BCUT2D eigenvalue weighted by molar-refractivity contribution is 4.97. The van der Waals surface area contributed by atoms with Crippen molar-refractivity contribution < 1.29 is 0 Å². The summed E-state index contributed by atoms with van der Waals surface area (Å²) in [4.78, 5) is 2.41. The second kappa shape index (κ2) is 3.89. The van der Waals surface area contributed by atoms with Gasteiger partial charge in [0.2, 0.25) is 0 Å². The van der Waals surface area contributed by atoms with Crippen molar-refractivity contribution in [2.75, 3.05) is 13.1 Å². The number of nitrogens with zero attached hydrogens (tertiary/aromatic N) is 2. The maximum atomic E-state index is 5.82. The van der Waals surface area contributed by atoms with Crippen LogP contribution in [-0.4, -0.2) is 34.2 Å². The van der Waals surface area contributed by atoms with E-state index in [2.05, 4.69) is 15.1 Å². The third-order valence-electron chi connectivity index (χ3n) is 2.58. The Hall–Kier alpha value is -0.870. The highest BCUT2D eigenvalue weighted by Gasteiger charge is 2.15. The normalized spacial score (nSPS) is 20.7. The SMILES string of the molecule is NC1CCN(Cc2ccn[nH]2)CC1. The van der Waals surface area contributed by atoms with E-state index in [0.717, 1.165) is 32.5 Å². The highest BCUT2D eigenvalue weighted by Crippen LogP contribution is 2.10. The van der Waals surface area contributed by atoms with Gasteiger partial charge < -0.3 is 5.73 Å². The zero-order chi connectivity index (χ0) is 9.10. The molecule has 2 heterocycles. The average Bonchev–Trinajstić information content (AvgIpc) is 2.62. The quantitative estimate of drug-likeness (QED) is 0.689. The molecule has 1 aliphatic rings. The van der Waals surface area contributed by atoms with Gasteiger partial charge in [-0.3, -0.25) is 10.00 Å². The number of rotatable bonds is 2. The van der Waals surface area contributed by atoms with Crippen LogP contribution in [0.2, 0.25) is 0 Å². The van der Waals surface area contributed by atoms with Crippen LogP contribution >= 0.6 is 0 Å². The van der Waals surface area contributed by atoms with Crippen molar-refractivity contribution in [2.24, 2.45) is 5.73 Å². The molecule has 4 heteroatoms. The fraction of sp³-hybridized carbons (Fsp3) is 0.667. The second-order valence-electron chi connectivity index (χ2n) is 3.70. The summed E-state index contributed by atoms with van der Waals surface area (Å²) in [5, 5.41) is 6.90. The van der Waals surface area contributed by atoms with E-state index in [1.807, 2.05) is 6.07 Å². The molecule has 0 aliphatic carbocycles. The molecule has 72 valence electrons. The lowest BCUT2D eigenvalue weighted by atomic mass is 10.1. The largest absolute Gasteiger partial charge is 0.328 e.